The highest BCUT2D eigenvalue weighted by Crippen LogP contribution is 2.34. The minimum atomic E-state index is -0.369. The lowest BCUT2D eigenvalue weighted by atomic mass is 10.1. The SMILES string of the molecule is C/C(=N\NC(=O)c1sc2ccccc2c1Cl)c1ccccc1O. The maximum absolute atomic E-state index is 12.3. The van der Waals surface area contributed by atoms with Crippen LogP contribution < -0.4 is 5.43 Å². The average Bonchev–Trinajstić information content (AvgIpc) is 2.90. The van der Waals surface area contributed by atoms with Crippen molar-refractivity contribution in [2.45, 2.75) is 6.92 Å². The number of aromatic hydroxyl groups is 1. The lowest BCUT2D eigenvalue weighted by Crippen LogP contribution is -2.18. The van der Waals surface area contributed by atoms with Crippen molar-refractivity contribution >= 4 is 44.6 Å². The first-order valence-electron chi connectivity index (χ1n) is 6.88. The summed E-state index contributed by atoms with van der Waals surface area (Å²) in [6.45, 7) is 1.71. The monoisotopic (exact) mass is 344 g/mol. The van der Waals surface area contributed by atoms with E-state index in [1.54, 1.807) is 31.2 Å². The summed E-state index contributed by atoms with van der Waals surface area (Å²) in [6, 6.07) is 14.4. The van der Waals surface area contributed by atoms with Crippen molar-refractivity contribution in [2.24, 2.45) is 5.10 Å². The van der Waals surface area contributed by atoms with Gasteiger partial charge in [-0.05, 0) is 25.1 Å². The third-order valence-electron chi connectivity index (χ3n) is 3.36. The van der Waals surface area contributed by atoms with Crippen molar-refractivity contribution in [3.8, 4) is 5.75 Å². The van der Waals surface area contributed by atoms with Crippen LogP contribution in [-0.4, -0.2) is 16.7 Å². The van der Waals surface area contributed by atoms with Gasteiger partial charge in [-0.25, -0.2) is 5.43 Å². The molecule has 1 amide bonds. The van der Waals surface area contributed by atoms with Gasteiger partial charge in [-0.15, -0.1) is 11.3 Å². The van der Waals surface area contributed by atoms with Crippen LogP contribution >= 0.6 is 22.9 Å². The molecule has 0 saturated carbocycles. The predicted molar refractivity (Wildman–Crippen MR) is 94.6 cm³/mol. The van der Waals surface area contributed by atoms with Gasteiger partial charge in [0.15, 0.2) is 0 Å². The zero-order chi connectivity index (χ0) is 16.4. The van der Waals surface area contributed by atoms with E-state index in [1.807, 2.05) is 24.3 Å². The molecular formula is C17H13ClN2O2S. The number of carbonyl (C=O) groups excluding carboxylic acids is 1. The molecule has 0 bridgehead atoms. The van der Waals surface area contributed by atoms with Crippen LogP contribution in [0.5, 0.6) is 5.75 Å². The summed E-state index contributed by atoms with van der Waals surface area (Å²) >= 11 is 7.59. The van der Waals surface area contributed by atoms with Crippen LogP contribution in [0.15, 0.2) is 53.6 Å². The Labute approximate surface area is 142 Å². The quantitative estimate of drug-likeness (QED) is 0.546. The van der Waals surface area contributed by atoms with Crippen LogP contribution in [0.4, 0.5) is 0 Å². The number of hydrogen-bond donors (Lipinski definition) is 2. The molecule has 3 aromatic rings. The van der Waals surface area contributed by atoms with Gasteiger partial charge >= 0.3 is 0 Å². The Kier molecular flexibility index (Phi) is 4.32. The fourth-order valence-electron chi connectivity index (χ4n) is 2.19. The largest absolute Gasteiger partial charge is 0.507 e. The third kappa shape index (κ3) is 3.06. The second-order valence-corrected chi connectivity index (χ2v) is 6.33. The van der Waals surface area contributed by atoms with Gasteiger partial charge in [0.25, 0.3) is 5.91 Å². The Hall–Kier alpha value is -2.37. The second kappa shape index (κ2) is 6.40. The number of rotatable bonds is 3. The molecule has 0 fully saturated rings. The van der Waals surface area contributed by atoms with Crippen LogP contribution in [0.2, 0.25) is 5.02 Å². The molecule has 2 N–H and O–H groups in total. The fourth-order valence-corrected chi connectivity index (χ4v) is 3.59. The highest BCUT2D eigenvalue weighted by molar-refractivity contribution is 7.21. The van der Waals surface area contributed by atoms with E-state index >= 15 is 0 Å². The molecule has 3 rings (SSSR count). The molecule has 0 aliphatic heterocycles. The Bertz CT molecular complexity index is 918. The van der Waals surface area contributed by atoms with Crippen LogP contribution in [0.25, 0.3) is 10.1 Å². The molecule has 0 aliphatic rings. The number of phenolic OH excluding ortho intramolecular Hbond substituents is 1. The number of hydrazone groups is 1. The summed E-state index contributed by atoms with van der Waals surface area (Å²) in [5.41, 5.74) is 3.56. The number of thiophene rings is 1. The van der Waals surface area contributed by atoms with Gasteiger partial charge in [-0.1, -0.05) is 41.9 Å². The smallest absolute Gasteiger partial charge is 0.283 e. The molecular weight excluding hydrogens is 332 g/mol. The minimum absolute atomic E-state index is 0.114. The average molecular weight is 345 g/mol. The van der Waals surface area contributed by atoms with E-state index in [1.165, 1.54) is 11.3 Å². The molecule has 1 aromatic heterocycles. The fraction of sp³-hybridized carbons (Fsp3) is 0.0588. The molecule has 0 saturated heterocycles. The van der Waals surface area contributed by atoms with Crippen molar-refractivity contribution in [1.29, 1.82) is 0 Å². The van der Waals surface area contributed by atoms with Gasteiger partial charge in [0, 0.05) is 15.6 Å². The number of nitrogens with one attached hydrogen (secondary N) is 1. The van der Waals surface area contributed by atoms with E-state index in [0.29, 0.717) is 21.2 Å². The highest BCUT2D eigenvalue weighted by atomic mass is 35.5. The van der Waals surface area contributed by atoms with Crippen LogP contribution in [0.1, 0.15) is 22.2 Å². The lowest BCUT2D eigenvalue weighted by molar-refractivity contribution is 0.0959. The molecule has 116 valence electrons. The van der Waals surface area contributed by atoms with Gasteiger partial charge in [0.2, 0.25) is 0 Å². The maximum Gasteiger partial charge on any atom is 0.283 e. The first-order chi connectivity index (χ1) is 11.1. The first kappa shape index (κ1) is 15.5. The van der Waals surface area contributed by atoms with E-state index in [2.05, 4.69) is 10.5 Å². The second-order valence-electron chi connectivity index (χ2n) is 4.90. The summed E-state index contributed by atoms with van der Waals surface area (Å²) < 4.78 is 0.948. The summed E-state index contributed by atoms with van der Waals surface area (Å²) in [6.07, 6.45) is 0. The summed E-state index contributed by atoms with van der Waals surface area (Å²) in [7, 11) is 0. The molecule has 6 heteroatoms. The molecule has 0 spiro atoms. The number of benzene rings is 2. The number of amides is 1. The number of phenols is 1. The van der Waals surface area contributed by atoms with Crippen molar-refractivity contribution in [3.63, 3.8) is 0 Å². The van der Waals surface area contributed by atoms with Crippen LogP contribution in [-0.2, 0) is 0 Å². The van der Waals surface area contributed by atoms with Crippen molar-refractivity contribution < 1.29 is 9.90 Å². The highest BCUT2D eigenvalue weighted by Gasteiger charge is 2.16. The maximum atomic E-state index is 12.3. The molecule has 0 unspecified atom stereocenters. The Morgan fingerprint density at radius 3 is 2.61 bits per heavy atom. The van der Waals surface area contributed by atoms with Gasteiger partial charge < -0.3 is 5.11 Å². The molecule has 1 heterocycles. The standard InChI is InChI=1S/C17H13ClN2O2S/c1-10(11-6-2-4-8-13(11)21)19-20-17(22)16-15(18)12-7-3-5-9-14(12)23-16/h2-9,21H,1H3,(H,20,22)/b19-10+. The number of para-hydroxylation sites is 1. The first-order valence-corrected chi connectivity index (χ1v) is 8.07. The number of hydrogen-bond acceptors (Lipinski definition) is 4. The van der Waals surface area contributed by atoms with E-state index in [0.717, 1.165) is 10.1 Å². The molecule has 0 atom stereocenters. The molecule has 0 aliphatic carbocycles. The lowest BCUT2D eigenvalue weighted by Gasteiger charge is -2.04. The Morgan fingerprint density at radius 1 is 1.17 bits per heavy atom. The van der Waals surface area contributed by atoms with E-state index < -0.39 is 0 Å². The molecule has 2 aromatic carbocycles. The van der Waals surface area contributed by atoms with E-state index in [4.69, 9.17) is 11.6 Å². The number of fused-ring (bicyclic) bond motifs is 1. The number of halogens is 1. The predicted octanol–water partition coefficient (Wildman–Crippen LogP) is 4.41. The van der Waals surface area contributed by atoms with Crippen molar-refractivity contribution in [2.75, 3.05) is 0 Å². The Balaban J connectivity index is 1.85. The Morgan fingerprint density at radius 2 is 1.87 bits per heavy atom. The van der Waals surface area contributed by atoms with Crippen LogP contribution in [0, 0.1) is 0 Å². The zero-order valence-electron chi connectivity index (χ0n) is 12.2. The van der Waals surface area contributed by atoms with E-state index in [-0.39, 0.29) is 11.7 Å². The normalized spacial score (nSPS) is 11.7. The topological polar surface area (TPSA) is 61.7 Å². The molecule has 23 heavy (non-hydrogen) atoms. The van der Waals surface area contributed by atoms with Gasteiger partial charge in [0.1, 0.15) is 10.6 Å². The van der Waals surface area contributed by atoms with E-state index in [9.17, 15) is 9.90 Å². The van der Waals surface area contributed by atoms with Crippen molar-refractivity contribution in [1.82, 2.24) is 5.43 Å². The van der Waals surface area contributed by atoms with Gasteiger partial charge in [0.05, 0.1) is 10.7 Å². The minimum Gasteiger partial charge on any atom is -0.507 e. The summed E-state index contributed by atoms with van der Waals surface area (Å²) in [5.74, 6) is -0.256. The van der Waals surface area contributed by atoms with Gasteiger partial charge in [-0.2, -0.15) is 5.10 Å². The summed E-state index contributed by atoms with van der Waals surface area (Å²) in [5, 5.41) is 15.1. The zero-order valence-corrected chi connectivity index (χ0v) is 13.8. The number of nitrogens with zero attached hydrogens (tertiary/aromatic N) is 1. The van der Waals surface area contributed by atoms with Crippen LogP contribution in [0.3, 0.4) is 0 Å². The third-order valence-corrected chi connectivity index (χ3v) is 5.03. The van der Waals surface area contributed by atoms with Gasteiger partial charge in [-0.3, -0.25) is 4.79 Å². The molecule has 4 nitrogen and oxygen atoms in total. The molecule has 0 radical (unpaired) electrons. The van der Waals surface area contributed by atoms with Crippen molar-refractivity contribution in [3.05, 3.63) is 64.0 Å². The summed E-state index contributed by atoms with van der Waals surface area (Å²) in [4.78, 5) is 12.7. The number of carbonyl (C=O) groups is 1.